The van der Waals surface area contributed by atoms with Gasteiger partial charge in [-0.25, -0.2) is 4.99 Å². The van der Waals surface area contributed by atoms with Crippen LogP contribution in [0.15, 0.2) is 145 Å². The second-order valence-electron chi connectivity index (χ2n) is 9.32. The first-order chi connectivity index (χ1) is 18.3. The number of hydrogen-bond acceptors (Lipinski definition) is 2. The van der Waals surface area contributed by atoms with Gasteiger partial charge in [-0.1, -0.05) is 109 Å². The average molecular weight is 476 g/mol. The largest absolute Gasteiger partial charge is 0.353 e. The van der Waals surface area contributed by atoms with E-state index >= 15 is 0 Å². The maximum absolute atomic E-state index is 5.17. The molecule has 7 rings (SSSR count). The van der Waals surface area contributed by atoms with Gasteiger partial charge in [0.15, 0.2) is 0 Å². The zero-order valence-corrected chi connectivity index (χ0v) is 20.3. The fourth-order valence-corrected chi connectivity index (χ4v) is 5.29. The Bertz CT molecular complexity index is 1740. The van der Waals surface area contributed by atoms with Crippen molar-refractivity contribution in [3.8, 4) is 22.3 Å². The molecule has 1 aliphatic rings. The van der Waals surface area contributed by atoms with E-state index in [2.05, 4.69) is 137 Å². The van der Waals surface area contributed by atoms with Gasteiger partial charge in [-0.05, 0) is 46.5 Å². The Hall–Kier alpha value is -4.89. The molecule has 0 aliphatic carbocycles. The van der Waals surface area contributed by atoms with Crippen LogP contribution in [0.25, 0.3) is 44.1 Å². The lowest BCUT2D eigenvalue weighted by molar-refractivity contribution is 0.498. The van der Waals surface area contributed by atoms with Crippen LogP contribution in [0.2, 0.25) is 0 Å². The second kappa shape index (κ2) is 8.96. The van der Waals surface area contributed by atoms with Crippen molar-refractivity contribution in [1.82, 2.24) is 9.88 Å². The van der Waals surface area contributed by atoms with Gasteiger partial charge in [0.25, 0.3) is 0 Å². The lowest BCUT2D eigenvalue weighted by Gasteiger charge is -2.22. The van der Waals surface area contributed by atoms with E-state index in [0.29, 0.717) is 0 Å². The topological polar surface area (TPSA) is 29.3 Å². The van der Waals surface area contributed by atoms with Crippen LogP contribution in [0.4, 0.5) is 0 Å². The molecule has 1 N–H and O–H groups in total. The Morgan fingerprint density at radius 1 is 0.514 bits per heavy atom. The van der Waals surface area contributed by atoms with Crippen molar-refractivity contribution in [3.63, 3.8) is 0 Å². The molecule has 5 aromatic carbocycles. The first kappa shape index (κ1) is 21.4. The average Bonchev–Trinajstić information content (AvgIpc) is 3.32. The number of nitrogens with one attached hydrogen (secondary N) is 1. The minimum Gasteiger partial charge on any atom is -0.353 e. The van der Waals surface area contributed by atoms with Gasteiger partial charge < -0.3 is 9.88 Å². The van der Waals surface area contributed by atoms with Crippen molar-refractivity contribution in [2.75, 3.05) is 0 Å². The van der Waals surface area contributed by atoms with Crippen LogP contribution in [0, 0.1) is 0 Å². The van der Waals surface area contributed by atoms with Gasteiger partial charge in [-0.15, -0.1) is 0 Å². The van der Waals surface area contributed by atoms with Crippen LogP contribution < -0.4 is 5.32 Å². The van der Waals surface area contributed by atoms with Gasteiger partial charge in [-0.3, -0.25) is 0 Å². The van der Waals surface area contributed by atoms with Crippen LogP contribution in [-0.4, -0.2) is 10.3 Å². The molecule has 0 amide bonds. The Balaban J connectivity index is 1.25. The van der Waals surface area contributed by atoms with Crippen molar-refractivity contribution in [1.29, 1.82) is 0 Å². The normalized spacial score (nSPS) is 15.0. The highest BCUT2D eigenvalue weighted by Gasteiger charge is 2.19. The molecule has 0 saturated carbocycles. The summed E-state index contributed by atoms with van der Waals surface area (Å²) in [5, 5.41) is 5.95. The minimum atomic E-state index is -0.224. The van der Waals surface area contributed by atoms with Crippen LogP contribution in [0.3, 0.4) is 0 Å². The van der Waals surface area contributed by atoms with Gasteiger partial charge in [-0.2, -0.15) is 0 Å². The number of benzene rings is 5. The summed E-state index contributed by atoms with van der Waals surface area (Å²) < 4.78 is 2.29. The molecule has 2 heterocycles. The van der Waals surface area contributed by atoms with E-state index < -0.39 is 0 Å². The van der Waals surface area contributed by atoms with Crippen molar-refractivity contribution in [3.05, 3.63) is 145 Å². The fourth-order valence-electron chi connectivity index (χ4n) is 5.29. The highest BCUT2D eigenvalue weighted by molar-refractivity contribution is 6.10. The van der Waals surface area contributed by atoms with E-state index in [9.17, 15) is 0 Å². The summed E-state index contributed by atoms with van der Waals surface area (Å²) in [6.07, 6.45) is 3.85. The van der Waals surface area contributed by atoms with Crippen molar-refractivity contribution in [2.24, 2.45) is 4.99 Å². The van der Waals surface area contributed by atoms with Crippen molar-refractivity contribution >= 4 is 27.5 Å². The molecule has 3 heteroatoms. The fraction of sp³-hybridized carbons (Fsp3) is 0.0294. The number of aliphatic imine (C=N–C) groups is 1. The summed E-state index contributed by atoms with van der Waals surface area (Å²) in [5.74, 6) is 0. The first-order valence-electron chi connectivity index (χ1n) is 12.6. The zero-order chi connectivity index (χ0) is 24.6. The SMILES string of the molecule is C1=CC(c2cccc(-c3ccc(-c4ccccc4)cc3)c2)=NC(n2c3ccccc3c3ccccc32)N1. The lowest BCUT2D eigenvalue weighted by Crippen LogP contribution is -2.25. The van der Waals surface area contributed by atoms with E-state index in [1.54, 1.807) is 0 Å². The van der Waals surface area contributed by atoms with Crippen LogP contribution >= 0.6 is 0 Å². The van der Waals surface area contributed by atoms with Crippen molar-refractivity contribution < 1.29 is 0 Å². The molecule has 3 nitrogen and oxygen atoms in total. The summed E-state index contributed by atoms with van der Waals surface area (Å²) in [7, 11) is 0. The highest BCUT2D eigenvalue weighted by atomic mass is 15.3. The number of hydrogen-bond donors (Lipinski definition) is 1. The van der Waals surface area contributed by atoms with Gasteiger partial charge in [0, 0.05) is 22.5 Å². The zero-order valence-electron chi connectivity index (χ0n) is 20.3. The highest BCUT2D eigenvalue weighted by Crippen LogP contribution is 2.32. The Kier molecular flexibility index (Phi) is 5.18. The van der Waals surface area contributed by atoms with Gasteiger partial charge in [0.2, 0.25) is 6.29 Å². The molecule has 0 bridgehead atoms. The number of fused-ring (bicyclic) bond motifs is 3. The number of aromatic nitrogens is 1. The summed E-state index contributed by atoms with van der Waals surface area (Å²) in [5.41, 5.74) is 9.24. The maximum Gasteiger partial charge on any atom is 0.201 e. The third kappa shape index (κ3) is 3.82. The quantitative estimate of drug-likeness (QED) is 0.274. The predicted octanol–water partition coefficient (Wildman–Crippen LogP) is 8.19. The maximum atomic E-state index is 5.17. The summed E-state index contributed by atoms with van der Waals surface area (Å²) >= 11 is 0. The molecule has 6 aromatic rings. The van der Waals surface area contributed by atoms with Crippen molar-refractivity contribution in [2.45, 2.75) is 6.29 Å². The molecule has 0 radical (unpaired) electrons. The molecular weight excluding hydrogens is 450 g/mol. The van der Waals surface area contributed by atoms with E-state index in [1.807, 2.05) is 12.3 Å². The molecule has 176 valence electrons. The molecule has 1 unspecified atom stereocenters. The predicted molar refractivity (Wildman–Crippen MR) is 155 cm³/mol. The van der Waals surface area contributed by atoms with Gasteiger partial charge in [0.1, 0.15) is 0 Å². The Labute approximate surface area is 216 Å². The molecule has 1 atom stereocenters. The van der Waals surface area contributed by atoms with Crippen LogP contribution in [-0.2, 0) is 0 Å². The first-order valence-corrected chi connectivity index (χ1v) is 12.6. The molecule has 37 heavy (non-hydrogen) atoms. The van der Waals surface area contributed by atoms with E-state index in [0.717, 1.165) is 11.3 Å². The smallest absolute Gasteiger partial charge is 0.201 e. The summed E-state index contributed by atoms with van der Waals surface area (Å²) in [4.78, 5) is 5.17. The lowest BCUT2D eigenvalue weighted by atomic mass is 9.98. The summed E-state index contributed by atoms with van der Waals surface area (Å²) in [6.45, 7) is 0. The van der Waals surface area contributed by atoms with Crippen LogP contribution in [0.1, 0.15) is 11.9 Å². The molecule has 0 fully saturated rings. The number of nitrogens with zero attached hydrogens (tertiary/aromatic N) is 2. The third-order valence-electron chi connectivity index (χ3n) is 7.09. The molecular formula is C34H25N3. The van der Waals surface area contributed by atoms with E-state index in [-0.39, 0.29) is 6.29 Å². The third-order valence-corrected chi connectivity index (χ3v) is 7.09. The number of rotatable bonds is 4. The minimum absolute atomic E-state index is 0.224. The van der Waals surface area contributed by atoms with Crippen LogP contribution in [0.5, 0.6) is 0 Å². The standard InChI is InChI=1S/C34H25N3/c1-2-9-24(10-3-1)25-17-19-26(20-18-25)27-11-8-12-28(23-27)31-21-22-35-34(36-31)37-32-15-6-4-13-29(32)30-14-5-7-16-33(30)37/h1-23,34-35H. The molecule has 0 spiro atoms. The van der Waals surface area contributed by atoms with E-state index in [4.69, 9.17) is 4.99 Å². The summed E-state index contributed by atoms with van der Waals surface area (Å²) in [6, 6.07) is 45.0. The Morgan fingerprint density at radius 2 is 1.05 bits per heavy atom. The Morgan fingerprint density at radius 3 is 1.76 bits per heavy atom. The monoisotopic (exact) mass is 475 g/mol. The van der Waals surface area contributed by atoms with Gasteiger partial charge >= 0.3 is 0 Å². The molecule has 1 aliphatic heterocycles. The molecule has 0 saturated heterocycles. The second-order valence-corrected chi connectivity index (χ2v) is 9.32. The molecule has 1 aromatic heterocycles. The van der Waals surface area contributed by atoms with E-state index in [1.165, 1.54) is 44.1 Å². The number of para-hydroxylation sites is 2. The van der Waals surface area contributed by atoms with Gasteiger partial charge in [0.05, 0.1) is 16.7 Å². The number of allylic oxidation sites excluding steroid dienone is 1.